The summed E-state index contributed by atoms with van der Waals surface area (Å²) in [7, 11) is 1.63. The minimum absolute atomic E-state index is 0. The van der Waals surface area contributed by atoms with E-state index in [1.54, 1.807) is 13.3 Å². The molecule has 0 saturated carbocycles. The highest BCUT2D eigenvalue weighted by atomic mass is 127. The minimum atomic E-state index is 0. The second-order valence-electron chi connectivity index (χ2n) is 5.16. The maximum absolute atomic E-state index is 6.26. The Morgan fingerprint density at radius 3 is 2.84 bits per heavy atom. The van der Waals surface area contributed by atoms with Crippen LogP contribution in [0.5, 0.6) is 5.75 Å². The molecule has 0 unspecified atom stereocenters. The first kappa shape index (κ1) is 21.6. The number of ether oxygens (including phenoxy) is 1. The lowest BCUT2D eigenvalue weighted by Crippen LogP contribution is -2.39. The van der Waals surface area contributed by atoms with E-state index >= 15 is 0 Å². The van der Waals surface area contributed by atoms with Crippen molar-refractivity contribution in [2.45, 2.75) is 19.9 Å². The van der Waals surface area contributed by atoms with Crippen molar-refractivity contribution in [1.82, 2.24) is 20.4 Å². The lowest BCUT2D eigenvalue weighted by Gasteiger charge is -2.11. The van der Waals surface area contributed by atoms with Gasteiger partial charge in [-0.05, 0) is 37.1 Å². The van der Waals surface area contributed by atoms with Crippen molar-refractivity contribution >= 4 is 41.5 Å². The van der Waals surface area contributed by atoms with Gasteiger partial charge in [0.2, 0.25) is 0 Å². The van der Waals surface area contributed by atoms with Gasteiger partial charge in [-0.3, -0.25) is 9.67 Å². The largest absolute Gasteiger partial charge is 0.497 e. The maximum atomic E-state index is 6.26. The summed E-state index contributed by atoms with van der Waals surface area (Å²) >= 11 is 6.26. The summed E-state index contributed by atoms with van der Waals surface area (Å²) in [6.07, 6.45) is 4.49. The molecule has 0 aliphatic carbocycles. The third-order valence-corrected chi connectivity index (χ3v) is 3.80. The molecule has 2 N–H and O–H groups in total. The fourth-order valence-corrected chi connectivity index (χ4v) is 2.47. The van der Waals surface area contributed by atoms with Crippen molar-refractivity contribution in [3.05, 3.63) is 47.2 Å². The van der Waals surface area contributed by atoms with E-state index in [9.17, 15) is 0 Å². The van der Waals surface area contributed by atoms with Crippen LogP contribution < -0.4 is 15.4 Å². The van der Waals surface area contributed by atoms with Crippen LogP contribution >= 0.6 is 35.6 Å². The Hall–Kier alpha value is -1.48. The van der Waals surface area contributed by atoms with Gasteiger partial charge in [0.15, 0.2) is 5.96 Å². The molecule has 0 atom stereocenters. The van der Waals surface area contributed by atoms with Gasteiger partial charge in [-0.1, -0.05) is 17.7 Å². The summed E-state index contributed by atoms with van der Waals surface area (Å²) in [5.41, 5.74) is 1.06. The number of aliphatic imine (C=N–C) groups is 1. The summed E-state index contributed by atoms with van der Waals surface area (Å²) < 4.78 is 7.04. The molecule has 0 amide bonds. The number of nitrogens with zero attached hydrogens (tertiary/aromatic N) is 3. The van der Waals surface area contributed by atoms with E-state index in [1.165, 1.54) is 0 Å². The van der Waals surface area contributed by atoms with E-state index in [-0.39, 0.29) is 24.0 Å². The van der Waals surface area contributed by atoms with Crippen LogP contribution in [0, 0.1) is 0 Å². The molecule has 25 heavy (non-hydrogen) atoms. The van der Waals surface area contributed by atoms with Crippen molar-refractivity contribution in [1.29, 1.82) is 0 Å². The standard InChI is InChI=1S/C17H24ClN5O.HI/c1-3-19-17(21-10-12-23-11-4-8-22-23)20-9-7-14-5-6-15(24-2)13-16(14)18;/h4-6,8,11,13H,3,7,9-10,12H2,1-2H3,(H2,19,20,21);1H. The molecule has 1 heterocycles. The summed E-state index contributed by atoms with van der Waals surface area (Å²) in [6, 6.07) is 7.64. The molecule has 0 radical (unpaired) electrons. The van der Waals surface area contributed by atoms with Crippen LogP contribution in [0.3, 0.4) is 0 Å². The maximum Gasteiger partial charge on any atom is 0.191 e. The topological polar surface area (TPSA) is 63.5 Å². The van der Waals surface area contributed by atoms with Gasteiger partial charge in [0.1, 0.15) is 5.75 Å². The van der Waals surface area contributed by atoms with Crippen LogP contribution in [0.25, 0.3) is 0 Å². The van der Waals surface area contributed by atoms with Crippen LogP contribution in [-0.4, -0.2) is 42.5 Å². The van der Waals surface area contributed by atoms with Crippen molar-refractivity contribution in [2.24, 2.45) is 4.99 Å². The predicted molar refractivity (Wildman–Crippen MR) is 113 cm³/mol. The molecule has 0 spiro atoms. The van der Waals surface area contributed by atoms with Crippen molar-refractivity contribution in [3.63, 3.8) is 0 Å². The zero-order chi connectivity index (χ0) is 17.2. The van der Waals surface area contributed by atoms with E-state index < -0.39 is 0 Å². The quantitative estimate of drug-likeness (QED) is 0.349. The van der Waals surface area contributed by atoms with Crippen LogP contribution in [-0.2, 0) is 13.0 Å². The molecule has 0 bridgehead atoms. The van der Waals surface area contributed by atoms with Gasteiger partial charge in [-0.25, -0.2) is 0 Å². The van der Waals surface area contributed by atoms with E-state index in [0.29, 0.717) is 11.6 Å². The number of aromatic nitrogens is 2. The smallest absolute Gasteiger partial charge is 0.191 e. The van der Waals surface area contributed by atoms with E-state index in [1.807, 2.05) is 42.1 Å². The Morgan fingerprint density at radius 2 is 2.20 bits per heavy atom. The zero-order valence-electron chi connectivity index (χ0n) is 14.5. The number of hydrogen-bond acceptors (Lipinski definition) is 3. The Balaban J connectivity index is 0.00000312. The van der Waals surface area contributed by atoms with Gasteiger partial charge >= 0.3 is 0 Å². The van der Waals surface area contributed by atoms with E-state index in [0.717, 1.165) is 43.3 Å². The first-order valence-electron chi connectivity index (χ1n) is 8.05. The number of guanidine groups is 1. The highest BCUT2D eigenvalue weighted by Crippen LogP contribution is 2.22. The number of hydrogen-bond donors (Lipinski definition) is 2. The normalized spacial score (nSPS) is 10.9. The molecule has 0 saturated heterocycles. The fraction of sp³-hybridized carbons (Fsp3) is 0.412. The molecule has 1 aromatic carbocycles. The monoisotopic (exact) mass is 477 g/mol. The number of nitrogens with one attached hydrogen (secondary N) is 2. The minimum Gasteiger partial charge on any atom is -0.497 e. The third-order valence-electron chi connectivity index (χ3n) is 3.45. The summed E-state index contributed by atoms with van der Waals surface area (Å²) in [5, 5.41) is 11.4. The third kappa shape index (κ3) is 7.52. The Morgan fingerprint density at radius 1 is 1.36 bits per heavy atom. The molecular formula is C17H25ClIN5O. The van der Waals surface area contributed by atoms with E-state index in [2.05, 4.69) is 20.7 Å². The lowest BCUT2D eigenvalue weighted by atomic mass is 10.1. The second kappa shape index (κ2) is 12.0. The molecule has 2 aromatic rings. The molecule has 138 valence electrons. The Kier molecular flexibility index (Phi) is 10.3. The SMILES string of the molecule is CCNC(=NCCc1ccc(OC)cc1Cl)NCCn1cccn1.I. The molecular weight excluding hydrogens is 453 g/mol. The molecule has 0 aliphatic rings. The molecule has 8 heteroatoms. The number of benzene rings is 1. The van der Waals surface area contributed by atoms with E-state index in [4.69, 9.17) is 16.3 Å². The average molecular weight is 478 g/mol. The molecule has 0 fully saturated rings. The zero-order valence-corrected chi connectivity index (χ0v) is 17.6. The summed E-state index contributed by atoms with van der Waals surface area (Å²) in [4.78, 5) is 4.59. The first-order valence-corrected chi connectivity index (χ1v) is 8.42. The van der Waals surface area contributed by atoms with Crippen molar-refractivity contribution in [2.75, 3.05) is 26.7 Å². The highest BCUT2D eigenvalue weighted by Gasteiger charge is 2.03. The van der Waals surface area contributed by atoms with Crippen molar-refractivity contribution < 1.29 is 4.74 Å². The van der Waals surface area contributed by atoms with Gasteiger partial charge < -0.3 is 15.4 Å². The van der Waals surface area contributed by atoms with Gasteiger partial charge in [0.05, 0.1) is 13.7 Å². The lowest BCUT2D eigenvalue weighted by molar-refractivity contribution is 0.414. The van der Waals surface area contributed by atoms with Crippen LogP contribution in [0.15, 0.2) is 41.7 Å². The van der Waals surface area contributed by atoms with Crippen molar-refractivity contribution in [3.8, 4) is 5.75 Å². The first-order chi connectivity index (χ1) is 11.7. The van der Waals surface area contributed by atoms with Crippen LogP contribution in [0.1, 0.15) is 12.5 Å². The van der Waals surface area contributed by atoms with Gasteiger partial charge in [0.25, 0.3) is 0 Å². The Bertz CT molecular complexity index is 648. The van der Waals surface area contributed by atoms with Gasteiger partial charge in [0, 0.05) is 37.1 Å². The van der Waals surface area contributed by atoms with Gasteiger partial charge in [-0.2, -0.15) is 5.10 Å². The van der Waals surface area contributed by atoms with Crippen LogP contribution in [0.2, 0.25) is 5.02 Å². The Labute approximate surface area is 171 Å². The predicted octanol–water partition coefficient (Wildman–Crippen LogP) is 2.96. The highest BCUT2D eigenvalue weighted by molar-refractivity contribution is 14.0. The van der Waals surface area contributed by atoms with Crippen LogP contribution in [0.4, 0.5) is 0 Å². The number of rotatable bonds is 8. The summed E-state index contributed by atoms with van der Waals surface area (Å²) in [6.45, 7) is 5.07. The van der Waals surface area contributed by atoms with Gasteiger partial charge in [-0.15, -0.1) is 24.0 Å². The number of halogens is 2. The molecule has 0 aliphatic heterocycles. The molecule has 2 rings (SSSR count). The second-order valence-corrected chi connectivity index (χ2v) is 5.57. The molecule has 6 nitrogen and oxygen atoms in total. The summed E-state index contributed by atoms with van der Waals surface area (Å²) in [5.74, 6) is 1.56. The fourth-order valence-electron chi connectivity index (χ4n) is 2.21. The average Bonchev–Trinajstić information content (AvgIpc) is 3.09. The number of methoxy groups -OCH3 is 1. The molecule has 1 aromatic heterocycles.